The number of hydrogen-bond acceptors (Lipinski definition) is 3. The van der Waals surface area contributed by atoms with Crippen LogP contribution in [0.15, 0.2) is 10.7 Å². The van der Waals surface area contributed by atoms with Crippen molar-refractivity contribution in [1.29, 1.82) is 0 Å². The Morgan fingerprint density at radius 3 is 2.25 bits per heavy atom. The number of aromatic nitrogens is 2. The molecule has 16 heavy (non-hydrogen) atoms. The van der Waals surface area contributed by atoms with Crippen LogP contribution in [0.1, 0.15) is 5.69 Å². The Bertz CT molecular complexity index is 494. The average molecular weight is 322 g/mol. The van der Waals surface area contributed by atoms with Gasteiger partial charge >= 0.3 is 16.4 Å². The molecule has 0 unspecified atom stereocenters. The summed E-state index contributed by atoms with van der Waals surface area (Å²) >= 11 is 2.71. The van der Waals surface area contributed by atoms with Gasteiger partial charge in [-0.25, -0.2) is 0 Å². The molecule has 1 aromatic heterocycles. The molecule has 0 aromatic carbocycles. The first-order chi connectivity index (χ1) is 7.06. The molecule has 10 heteroatoms. The van der Waals surface area contributed by atoms with Gasteiger partial charge in [-0.3, -0.25) is 0 Å². The highest BCUT2D eigenvalue weighted by atomic mass is 79.9. The van der Waals surface area contributed by atoms with Crippen LogP contribution in [0, 0.1) is 0 Å². The van der Waals surface area contributed by atoms with Crippen molar-refractivity contribution in [3.63, 3.8) is 0 Å². The number of nitrogens with zero attached hydrogens (tertiary/aromatic N) is 3. The van der Waals surface area contributed by atoms with Gasteiger partial charge in [-0.15, -0.1) is 4.09 Å². The third-order valence-corrected chi connectivity index (χ3v) is 4.05. The third kappa shape index (κ3) is 2.38. The van der Waals surface area contributed by atoms with Crippen molar-refractivity contribution in [2.45, 2.75) is 6.18 Å². The van der Waals surface area contributed by atoms with Gasteiger partial charge in [0.1, 0.15) is 4.60 Å². The molecule has 0 aliphatic rings. The summed E-state index contributed by atoms with van der Waals surface area (Å²) in [4.78, 5) is 0. The zero-order valence-corrected chi connectivity index (χ0v) is 10.6. The molecule has 0 saturated heterocycles. The first-order valence-electron chi connectivity index (χ1n) is 3.82. The third-order valence-electron chi connectivity index (χ3n) is 1.61. The van der Waals surface area contributed by atoms with Gasteiger partial charge in [0.05, 0.1) is 0 Å². The van der Waals surface area contributed by atoms with Crippen LogP contribution in [-0.4, -0.2) is 36.0 Å². The van der Waals surface area contributed by atoms with E-state index in [1.54, 1.807) is 0 Å². The highest BCUT2D eigenvalue weighted by Gasteiger charge is 2.36. The van der Waals surface area contributed by atoms with E-state index < -0.39 is 22.1 Å². The van der Waals surface area contributed by atoms with E-state index in [4.69, 9.17) is 0 Å². The van der Waals surface area contributed by atoms with E-state index >= 15 is 0 Å². The lowest BCUT2D eigenvalue weighted by Crippen LogP contribution is -2.30. The summed E-state index contributed by atoms with van der Waals surface area (Å²) in [6.07, 6.45) is -4.68. The van der Waals surface area contributed by atoms with Gasteiger partial charge in [0.2, 0.25) is 0 Å². The maximum Gasteiger partial charge on any atom is 0.435 e. The number of hydrogen-bond donors (Lipinski definition) is 0. The van der Waals surface area contributed by atoms with Crippen molar-refractivity contribution in [2.75, 3.05) is 14.1 Å². The fourth-order valence-corrected chi connectivity index (χ4v) is 2.42. The summed E-state index contributed by atoms with van der Waals surface area (Å²) in [6.45, 7) is 0. The van der Waals surface area contributed by atoms with E-state index in [2.05, 4.69) is 21.0 Å². The molecule has 0 fully saturated rings. The number of rotatable bonds is 2. The second-order valence-corrected chi connectivity index (χ2v) is 5.77. The van der Waals surface area contributed by atoms with Crippen LogP contribution in [0.3, 0.4) is 0 Å². The second kappa shape index (κ2) is 4.00. The van der Waals surface area contributed by atoms with Gasteiger partial charge in [0.15, 0.2) is 5.69 Å². The number of alkyl halides is 3. The van der Waals surface area contributed by atoms with E-state index in [1.807, 2.05) is 0 Å². The Hall–Kier alpha value is -0.610. The molecule has 0 bridgehead atoms. The first-order valence-corrected chi connectivity index (χ1v) is 6.01. The van der Waals surface area contributed by atoms with E-state index in [1.165, 1.54) is 14.1 Å². The summed E-state index contributed by atoms with van der Waals surface area (Å²) in [7, 11) is -1.67. The van der Waals surface area contributed by atoms with E-state index in [9.17, 15) is 21.6 Å². The molecule has 0 saturated carbocycles. The molecule has 0 aliphatic heterocycles. The minimum absolute atomic E-state index is 0.274. The molecule has 1 aromatic rings. The van der Waals surface area contributed by atoms with Gasteiger partial charge in [-0.05, 0) is 15.9 Å². The summed E-state index contributed by atoms with van der Waals surface area (Å²) in [5, 5.41) is 2.99. The summed E-state index contributed by atoms with van der Waals surface area (Å²) in [5.41, 5.74) is -1.27. The van der Waals surface area contributed by atoms with Crippen LogP contribution < -0.4 is 0 Å². The molecule has 0 radical (unpaired) electrons. The maximum absolute atomic E-state index is 12.3. The van der Waals surface area contributed by atoms with Gasteiger partial charge in [0.25, 0.3) is 0 Å². The monoisotopic (exact) mass is 321 g/mol. The lowest BCUT2D eigenvalue weighted by atomic mass is 10.4. The SMILES string of the molecule is CN(C)S(=O)(=O)n1nc(C(F)(F)F)cc1Br. The van der Waals surface area contributed by atoms with E-state index in [0.29, 0.717) is 6.07 Å². The molecule has 0 amide bonds. The van der Waals surface area contributed by atoms with Gasteiger partial charge in [0, 0.05) is 20.2 Å². The zero-order chi connectivity index (χ0) is 12.7. The molecule has 0 N–H and O–H groups in total. The minimum Gasteiger partial charge on any atom is -0.189 e. The van der Waals surface area contributed by atoms with Crippen molar-refractivity contribution in [3.8, 4) is 0 Å². The van der Waals surface area contributed by atoms with E-state index in [-0.39, 0.29) is 8.69 Å². The Labute approximate surface area is 98.2 Å². The molecular formula is C6H7BrF3N3O2S. The summed E-state index contributed by atoms with van der Waals surface area (Å²) in [5.74, 6) is 0. The van der Waals surface area contributed by atoms with Crippen LogP contribution >= 0.6 is 15.9 Å². The molecule has 0 atom stereocenters. The smallest absolute Gasteiger partial charge is 0.189 e. The van der Waals surface area contributed by atoms with Gasteiger partial charge in [-0.2, -0.15) is 31.0 Å². The van der Waals surface area contributed by atoms with Gasteiger partial charge < -0.3 is 0 Å². The zero-order valence-electron chi connectivity index (χ0n) is 8.16. The summed E-state index contributed by atoms with van der Waals surface area (Å²) < 4.78 is 60.6. The van der Waals surface area contributed by atoms with Crippen LogP contribution in [0.5, 0.6) is 0 Å². The lowest BCUT2D eigenvalue weighted by Gasteiger charge is -2.11. The predicted molar refractivity (Wildman–Crippen MR) is 52.9 cm³/mol. The quantitative estimate of drug-likeness (QED) is 0.825. The molecule has 1 heterocycles. The number of halogens is 4. The second-order valence-electron chi connectivity index (χ2n) is 2.98. The van der Waals surface area contributed by atoms with Crippen LogP contribution in [-0.2, 0) is 16.4 Å². The minimum atomic E-state index is -4.68. The van der Waals surface area contributed by atoms with Crippen molar-refractivity contribution < 1.29 is 21.6 Å². The molecule has 1 rings (SSSR count). The summed E-state index contributed by atoms with van der Waals surface area (Å²) in [6, 6.07) is 0.598. The Balaban J connectivity index is 3.34. The van der Waals surface area contributed by atoms with Crippen molar-refractivity contribution in [2.24, 2.45) is 0 Å². The van der Waals surface area contributed by atoms with Crippen molar-refractivity contribution >= 4 is 26.1 Å². The Morgan fingerprint density at radius 1 is 1.44 bits per heavy atom. The normalized spacial score (nSPS) is 13.4. The van der Waals surface area contributed by atoms with Crippen molar-refractivity contribution in [3.05, 3.63) is 16.4 Å². The van der Waals surface area contributed by atoms with Gasteiger partial charge in [-0.1, -0.05) is 0 Å². The fourth-order valence-electron chi connectivity index (χ4n) is 0.798. The Kier molecular flexibility index (Phi) is 3.37. The molecular weight excluding hydrogens is 315 g/mol. The van der Waals surface area contributed by atoms with E-state index in [0.717, 1.165) is 4.31 Å². The maximum atomic E-state index is 12.3. The fraction of sp³-hybridized carbons (Fsp3) is 0.500. The predicted octanol–water partition coefficient (Wildman–Crippen LogP) is 1.32. The first kappa shape index (κ1) is 13.5. The lowest BCUT2D eigenvalue weighted by molar-refractivity contribution is -0.141. The Morgan fingerprint density at radius 2 is 1.94 bits per heavy atom. The molecule has 5 nitrogen and oxygen atoms in total. The molecule has 92 valence electrons. The highest BCUT2D eigenvalue weighted by molar-refractivity contribution is 9.10. The van der Waals surface area contributed by atoms with Crippen LogP contribution in [0.4, 0.5) is 13.2 Å². The standard InChI is InChI=1S/C6H7BrF3N3O2S/c1-12(2)16(14,15)13-5(7)3-4(11-13)6(8,9)10/h3H,1-2H3. The highest BCUT2D eigenvalue weighted by Crippen LogP contribution is 2.30. The topological polar surface area (TPSA) is 55.2 Å². The van der Waals surface area contributed by atoms with Crippen molar-refractivity contribution in [1.82, 2.24) is 13.5 Å². The average Bonchev–Trinajstić information content (AvgIpc) is 2.46. The van der Waals surface area contributed by atoms with Crippen LogP contribution in [0.2, 0.25) is 0 Å². The molecule has 0 aliphatic carbocycles. The molecule has 0 spiro atoms. The largest absolute Gasteiger partial charge is 0.435 e. The van der Waals surface area contributed by atoms with Crippen LogP contribution in [0.25, 0.3) is 0 Å².